The van der Waals surface area contributed by atoms with Gasteiger partial charge in [-0.05, 0) is 61.4 Å². The second-order valence-electron chi connectivity index (χ2n) is 9.92. The molecule has 1 aromatic carbocycles. The molecule has 200 valence electrons. The number of halogens is 1. The minimum Gasteiger partial charge on any atom is -0.308 e. The summed E-state index contributed by atoms with van der Waals surface area (Å²) in [7, 11) is -3.87. The van der Waals surface area contributed by atoms with Crippen LogP contribution in [-0.2, 0) is 22.9 Å². The van der Waals surface area contributed by atoms with Gasteiger partial charge in [0.1, 0.15) is 5.82 Å². The van der Waals surface area contributed by atoms with Crippen molar-refractivity contribution in [3.05, 3.63) is 75.4 Å². The zero-order valence-corrected chi connectivity index (χ0v) is 22.4. The van der Waals surface area contributed by atoms with Crippen LogP contribution in [0, 0.1) is 17.2 Å². The van der Waals surface area contributed by atoms with Crippen LogP contribution in [0.25, 0.3) is 5.69 Å². The summed E-state index contributed by atoms with van der Waals surface area (Å²) in [4.78, 5) is 18.4. The van der Waals surface area contributed by atoms with Crippen LogP contribution < -0.4 is 11.0 Å². The summed E-state index contributed by atoms with van der Waals surface area (Å²) in [5, 5.41) is 8.46. The number of nitrogens with one attached hydrogen (secondary N) is 2. The van der Waals surface area contributed by atoms with E-state index in [1.807, 2.05) is 6.92 Å². The predicted molar refractivity (Wildman–Crippen MR) is 140 cm³/mol. The first-order valence-corrected chi connectivity index (χ1v) is 14.9. The molecule has 0 spiro atoms. The number of thiazole rings is 1. The number of hydrogen-bond acceptors (Lipinski definition) is 9. The molecule has 10 nitrogen and oxygen atoms in total. The summed E-state index contributed by atoms with van der Waals surface area (Å²) in [6.45, 7) is 2.86. The first-order valence-electron chi connectivity index (χ1n) is 12.6. The van der Waals surface area contributed by atoms with Crippen molar-refractivity contribution in [2.75, 3.05) is 19.6 Å². The minimum absolute atomic E-state index is 0.0664. The molecule has 1 aliphatic carbocycles. The van der Waals surface area contributed by atoms with Crippen LogP contribution in [0.2, 0.25) is 0 Å². The Labute approximate surface area is 224 Å². The van der Waals surface area contributed by atoms with E-state index in [9.17, 15) is 17.6 Å². The molecule has 6 rings (SSSR count). The molecule has 2 aromatic heterocycles. The summed E-state index contributed by atoms with van der Waals surface area (Å²) >= 11 is 1.28. The zero-order chi connectivity index (χ0) is 26.5. The largest absolute Gasteiger partial charge is 0.308 e. The number of rotatable bonds is 7. The SMILES string of the molecule is CCCN1NNC=C1S(=O)(=O)N1CC[C@H]2Cc3c(cnn3-c3ccc(F)cc3)C[C@]2(C(=O)c2nccs2)C1. The summed E-state index contributed by atoms with van der Waals surface area (Å²) in [5.41, 5.74) is 7.31. The Hall–Kier alpha value is -3.13. The Balaban J connectivity index is 1.38. The predicted octanol–water partition coefficient (Wildman–Crippen LogP) is 2.62. The second-order valence-corrected chi connectivity index (χ2v) is 12.7. The molecule has 2 N–H and O–H groups in total. The number of nitrogens with zero attached hydrogens (tertiary/aromatic N) is 5. The van der Waals surface area contributed by atoms with Crippen molar-refractivity contribution in [2.45, 2.75) is 32.6 Å². The molecule has 0 bridgehead atoms. The normalized spacial score (nSPS) is 23.5. The number of piperidine rings is 1. The van der Waals surface area contributed by atoms with Crippen molar-refractivity contribution in [3.63, 3.8) is 0 Å². The molecular weight excluding hydrogens is 529 g/mol. The number of hydrogen-bond donors (Lipinski definition) is 2. The average Bonchev–Trinajstić information content (AvgIpc) is 3.69. The van der Waals surface area contributed by atoms with Gasteiger partial charge in [0, 0.05) is 36.9 Å². The van der Waals surface area contributed by atoms with Gasteiger partial charge in [-0.15, -0.1) is 16.9 Å². The van der Waals surface area contributed by atoms with Crippen LogP contribution in [0.3, 0.4) is 0 Å². The maximum Gasteiger partial charge on any atom is 0.261 e. The van der Waals surface area contributed by atoms with E-state index >= 15 is 0 Å². The zero-order valence-electron chi connectivity index (χ0n) is 20.8. The summed E-state index contributed by atoms with van der Waals surface area (Å²) in [5.74, 6) is -0.550. The lowest BCUT2D eigenvalue weighted by Gasteiger charge is -2.49. The Morgan fingerprint density at radius 2 is 2.11 bits per heavy atom. The molecule has 0 unspecified atom stereocenters. The monoisotopic (exact) mass is 557 g/mol. The van der Waals surface area contributed by atoms with E-state index in [0.717, 1.165) is 23.4 Å². The van der Waals surface area contributed by atoms with Crippen LogP contribution >= 0.6 is 11.3 Å². The van der Waals surface area contributed by atoms with E-state index in [1.165, 1.54) is 34.0 Å². The number of benzene rings is 1. The van der Waals surface area contributed by atoms with Crippen molar-refractivity contribution < 1.29 is 17.6 Å². The number of aromatic nitrogens is 3. The Kier molecular flexibility index (Phi) is 6.33. The Bertz CT molecular complexity index is 1490. The van der Waals surface area contributed by atoms with Crippen molar-refractivity contribution in [3.8, 4) is 5.69 Å². The molecule has 3 aliphatic rings. The third kappa shape index (κ3) is 4.04. The molecule has 2 aliphatic heterocycles. The van der Waals surface area contributed by atoms with Gasteiger partial charge in [0.25, 0.3) is 10.0 Å². The summed E-state index contributed by atoms with van der Waals surface area (Å²) in [6, 6.07) is 6.16. The fourth-order valence-electron chi connectivity index (χ4n) is 5.88. The molecule has 38 heavy (non-hydrogen) atoms. The quantitative estimate of drug-likeness (QED) is 0.427. The van der Waals surface area contributed by atoms with E-state index in [-0.39, 0.29) is 29.1 Å². The fourth-order valence-corrected chi connectivity index (χ4v) is 8.20. The number of hydrazine groups is 2. The van der Waals surface area contributed by atoms with Crippen molar-refractivity contribution in [1.82, 2.24) is 35.0 Å². The number of Topliss-reactive ketones (excluding diaryl/α,β-unsaturated/α-hetero) is 1. The van der Waals surface area contributed by atoms with Gasteiger partial charge >= 0.3 is 0 Å². The van der Waals surface area contributed by atoms with Crippen LogP contribution in [-0.4, -0.2) is 57.9 Å². The Morgan fingerprint density at radius 1 is 1.29 bits per heavy atom. The highest BCUT2D eigenvalue weighted by molar-refractivity contribution is 7.92. The lowest BCUT2D eigenvalue weighted by Crippen LogP contribution is -2.58. The molecule has 1 saturated heterocycles. The highest BCUT2D eigenvalue weighted by Gasteiger charge is 2.55. The van der Waals surface area contributed by atoms with Crippen molar-refractivity contribution in [2.24, 2.45) is 11.3 Å². The third-order valence-corrected chi connectivity index (χ3v) is 10.4. The van der Waals surface area contributed by atoms with E-state index in [2.05, 4.69) is 21.0 Å². The van der Waals surface area contributed by atoms with Gasteiger partial charge in [-0.1, -0.05) is 6.92 Å². The van der Waals surface area contributed by atoms with E-state index in [0.29, 0.717) is 37.4 Å². The topological polar surface area (TPSA) is 112 Å². The molecule has 4 heterocycles. The number of carbonyl (C=O) groups excluding carboxylic acids is 1. The maximum absolute atomic E-state index is 14.1. The van der Waals surface area contributed by atoms with Gasteiger partial charge in [0.05, 0.1) is 23.5 Å². The van der Waals surface area contributed by atoms with Gasteiger partial charge in [-0.3, -0.25) is 9.80 Å². The molecule has 0 radical (unpaired) electrons. The lowest BCUT2D eigenvalue weighted by atomic mass is 9.61. The lowest BCUT2D eigenvalue weighted by molar-refractivity contribution is 0.0399. The minimum atomic E-state index is -3.87. The van der Waals surface area contributed by atoms with Crippen LogP contribution in [0.1, 0.15) is 40.8 Å². The fraction of sp³-hybridized carbons (Fsp3) is 0.400. The van der Waals surface area contributed by atoms with Crippen molar-refractivity contribution >= 4 is 27.1 Å². The first-order chi connectivity index (χ1) is 18.3. The van der Waals surface area contributed by atoms with Crippen LogP contribution in [0.4, 0.5) is 4.39 Å². The number of ketones is 1. The molecule has 0 amide bonds. The standard InChI is InChI=1S/C25H28FN7O3S2/c1-2-9-32-22(15-28-30-32)38(35,36)31-10-7-18-12-21-17(14-29-33(21)20-5-3-19(26)4-6-20)13-25(18,16-31)23(34)24-27-8-11-37-24/h3-6,8,11,14-15,18,28,30H,2,7,9-10,12-13,16H2,1H3/t18-,25-/m0/s1. The van der Waals surface area contributed by atoms with Crippen molar-refractivity contribution in [1.29, 1.82) is 0 Å². The third-order valence-electron chi connectivity index (χ3n) is 7.73. The molecular formula is C25H28FN7O3S2. The van der Waals surface area contributed by atoms with Crippen LogP contribution in [0.5, 0.6) is 0 Å². The average molecular weight is 558 g/mol. The van der Waals surface area contributed by atoms with Gasteiger partial charge in [0.2, 0.25) is 0 Å². The van der Waals surface area contributed by atoms with Gasteiger partial charge in [-0.2, -0.15) is 9.40 Å². The highest BCUT2D eigenvalue weighted by atomic mass is 32.2. The Morgan fingerprint density at radius 3 is 2.84 bits per heavy atom. The van der Waals surface area contributed by atoms with Gasteiger partial charge in [0.15, 0.2) is 15.8 Å². The molecule has 1 fully saturated rings. The number of carbonyl (C=O) groups is 1. The van der Waals surface area contributed by atoms with E-state index in [4.69, 9.17) is 0 Å². The summed E-state index contributed by atoms with van der Waals surface area (Å²) in [6.07, 6.45) is 7.00. The van der Waals surface area contributed by atoms with E-state index in [1.54, 1.807) is 39.6 Å². The van der Waals surface area contributed by atoms with Crippen LogP contribution in [0.15, 0.2) is 53.3 Å². The maximum atomic E-state index is 14.1. The second kappa shape index (κ2) is 9.56. The molecule has 0 saturated carbocycles. The first kappa shape index (κ1) is 25.2. The van der Waals surface area contributed by atoms with Gasteiger partial charge in [-0.25, -0.2) is 22.5 Å². The molecule has 13 heteroatoms. The smallest absolute Gasteiger partial charge is 0.261 e. The summed E-state index contributed by atoms with van der Waals surface area (Å²) < 4.78 is 44.4. The molecule has 3 aromatic rings. The van der Waals surface area contributed by atoms with Gasteiger partial charge < -0.3 is 5.43 Å². The van der Waals surface area contributed by atoms with E-state index < -0.39 is 15.4 Å². The number of sulfonamides is 1. The number of fused-ring (bicyclic) bond motifs is 2. The molecule has 2 atom stereocenters. The highest BCUT2D eigenvalue weighted by Crippen LogP contribution is 2.48.